The number of methoxy groups -OCH3 is 2. The van der Waals surface area contributed by atoms with Gasteiger partial charge in [-0.2, -0.15) is 5.10 Å². The van der Waals surface area contributed by atoms with Crippen molar-refractivity contribution in [1.82, 2.24) is 14.1 Å². The Morgan fingerprint density at radius 1 is 1.07 bits per heavy atom. The summed E-state index contributed by atoms with van der Waals surface area (Å²) in [5.41, 5.74) is 0.218. The molecule has 0 saturated heterocycles. The number of nitrogens with zero attached hydrogens (tertiary/aromatic N) is 4. The minimum Gasteiger partial charge on any atom is -0.494 e. The van der Waals surface area contributed by atoms with Gasteiger partial charge in [0.25, 0.3) is 5.56 Å². The fourth-order valence-electron chi connectivity index (χ4n) is 3.25. The number of hydrogen-bond acceptors (Lipinski definition) is 7. The maximum atomic E-state index is 12.5. The molecule has 9 heteroatoms. The molecule has 1 aromatic heterocycles. The molecular formula is C18H22N4O5. The topological polar surface area (TPSA) is 98.3 Å². The SMILES string of the molecule is COc1ccc(C2CC(c3c(O)n(C)c(=O)n(C)c3=O)=NN2C)cc1OC. The summed E-state index contributed by atoms with van der Waals surface area (Å²) in [7, 11) is 7.70. The molecule has 0 bridgehead atoms. The Bertz CT molecular complexity index is 1040. The van der Waals surface area contributed by atoms with Gasteiger partial charge in [0.2, 0.25) is 5.88 Å². The number of hydrazone groups is 1. The van der Waals surface area contributed by atoms with Crippen molar-refractivity contribution >= 4 is 5.71 Å². The Morgan fingerprint density at radius 2 is 1.74 bits per heavy atom. The quantitative estimate of drug-likeness (QED) is 0.841. The third kappa shape index (κ3) is 2.94. The van der Waals surface area contributed by atoms with Crippen molar-refractivity contribution in [2.24, 2.45) is 19.2 Å². The zero-order chi connectivity index (χ0) is 19.9. The number of benzene rings is 1. The van der Waals surface area contributed by atoms with Crippen LogP contribution in [-0.4, -0.2) is 46.2 Å². The molecular weight excluding hydrogens is 352 g/mol. The molecule has 1 aliphatic rings. The maximum absolute atomic E-state index is 12.5. The van der Waals surface area contributed by atoms with E-state index < -0.39 is 11.2 Å². The second-order valence-electron chi connectivity index (χ2n) is 6.36. The van der Waals surface area contributed by atoms with Crippen molar-refractivity contribution in [1.29, 1.82) is 0 Å². The minimum atomic E-state index is -0.593. The average Bonchev–Trinajstić information content (AvgIpc) is 3.05. The van der Waals surface area contributed by atoms with Gasteiger partial charge < -0.3 is 14.6 Å². The number of rotatable bonds is 4. The van der Waals surface area contributed by atoms with Gasteiger partial charge >= 0.3 is 5.69 Å². The normalized spacial score (nSPS) is 16.4. The molecule has 0 amide bonds. The van der Waals surface area contributed by atoms with Crippen molar-refractivity contribution in [3.8, 4) is 17.4 Å². The molecule has 1 N–H and O–H groups in total. The van der Waals surface area contributed by atoms with Gasteiger partial charge in [-0.1, -0.05) is 6.07 Å². The number of aromatic nitrogens is 2. The Hall–Kier alpha value is -3.23. The van der Waals surface area contributed by atoms with Crippen molar-refractivity contribution < 1.29 is 14.6 Å². The molecule has 0 radical (unpaired) electrons. The lowest BCUT2D eigenvalue weighted by Gasteiger charge is -2.20. The van der Waals surface area contributed by atoms with Gasteiger partial charge in [-0.15, -0.1) is 0 Å². The van der Waals surface area contributed by atoms with Crippen LogP contribution in [0.3, 0.4) is 0 Å². The Balaban J connectivity index is 2.02. The van der Waals surface area contributed by atoms with Crippen LogP contribution in [-0.2, 0) is 14.1 Å². The van der Waals surface area contributed by atoms with E-state index in [1.807, 2.05) is 18.2 Å². The summed E-state index contributed by atoms with van der Waals surface area (Å²) in [6.45, 7) is 0. The summed E-state index contributed by atoms with van der Waals surface area (Å²) >= 11 is 0. The molecule has 0 saturated carbocycles. The summed E-state index contributed by atoms with van der Waals surface area (Å²) in [4.78, 5) is 24.5. The molecule has 1 atom stereocenters. The molecule has 2 heterocycles. The summed E-state index contributed by atoms with van der Waals surface area (Å²) in [6.07, 6.45) is 0.396. The lowest BCUT2D eigenvalue weighted by Crippen LogP contribution is -2.39. The van der Waals surface area contributed by atoms with E-state index >= 15 is 0 Å². The van der Waals surface area contributed by atoms with Gasteiger partial charge in [-0.05, 0) is 17.7 Å². The predicted octanol–water partition coefficient (Wildman–Crippen LogP) is 0.588. The molecule has 3 rings (SSSR count). The van der Waals surface area contributed by atoms with Crippen LogP contribution < -0.4 is 20.7 Å². The van der Waals surface area contributed by atoms with Gasteiger partial charge in [0, 0.05) is 27.6 Å². The van der Waals surface area contributed by atoms with E-state index in [9.17, 15) is 14.7 Å². The van der Waals surface area contributed by atoms with E-state index in [1.54, 1.807) is 26.3 Å². The van der Waals surface area contributed by atoms with Crippen LogP contribution in [0.15, 0.2) is 32.9 Å². The predicted molar refractivity (Wildman–Crippen MR) is 99.8 cm³/mol. The number of aromatic hydroxyl groups is 1. The van der Waals surface area contributed by atoms with Crippen LogP contribution in [0, 0.1) is 0 Å². The van der Waals surface area contributed by atoms with Crippen LogP contribution in [0.1, 0.15) is 23.6 Å². The minimum absolute atomic E-state index is 0.0365. The van der Waals surface area contributed by atoms with Crippen LogP contribution in [0.2, 0.25) is 0 Å². The van der Waals surface area contributed by atoms with Crippen LogP contribution in [0.25, 0.3) is 0 Å². The number of hydrogen-bond donors (Lipinski definition) is 1. The van der Waals surface area contributed by atoms with Crippen LogP contribution >= 0.6 is 0 Å². The first-order valence-corrected chi connectivity index (χ1v) is 8.31. The zero-order valence-corrected chi connectivity index (χ0v) is 15.9. The molecule has 1 aliphatic heterocycles. The smallest absolute Gasteiger partial charge is 0.333 e. The Morgan fingerprint density at radius 3 is 2.37 bits per heavy atom. The Labute approximate surface area is 155 Å². The fraction of sp³-hybridized carbons (Fsp3) is 0.389. The first kappa shape index (κ1) is 18.6. The summed E-state index contributed by atoms with van der Waals surface area (Å²) in [5, 5.41) is 16.5. The van der Waals surface area contributed by atoms with E-state index in [2.05, 4.69) is 5.10 Å². The summed E-state index contributed by atoms with van der Waals surface area (Å²) in [5.74, 6) is 0.827. The van der Waals surface area contributed by atoms with E-state index in [0.29, 0.717) is 23.6 Å². The van der Waals surface area contributed by atoms with Gasteiger partial charge in [0.1, 0.15) is 5.56 Å². The molecule has 27 heavy (non-hydrogen) atoms. The highest BCUT2D eigenvalue weighted by Crippen LogP contribution is 2.36. The molecule has 9 nitrogen and oxygen atoms in total. The third-order valence-corrected chi connectivity index (χ3v) is 4.83. The van der Waals surface area contributed by atoms with E-state index in [4.69, 9.17) is 9.47 Å². The van der Waals surface area contributed by atoms with Crippen LogP contribution in [0.4, 0.5) is 0 Å². The average molecular weight is 374 g/mol. The van der Waals surface area contributed by atoms with Crippen molar-refractivity contribution in [2.45, 2.75) is 12.5 Å². The third-order valence-electron chi connectivity index (χ3n) is 4.83. The largest absolute Gasteiger partial charge is 0.494 e. The molecule has 0 spiro atoms. The van der Waals surface area contributed by atoms with Crippen molar-refractivity contribution in [3.05, 3.63) is 50.2 Å². The highest BCUT2D eigenvalue weighted by atomic mass is 16.5. The highest BCUT2D eigenvalue weighted by molar-refractivity contribution is 6.03. The molecule has 1 aromatic carbocycles. The van der Waals surface area contributed by atoms with Gasteiger partial charge in [0.15, 0.2) is 11.5 Å². The number of ether oxygens (including phenoxy) is 2. The second kappa shape index (κ2) is 6.82. The lowest BCUT2D eigenvalue weighted by molar-refractivity contribution is 0.288. The molecule has 0 fully saturated rings. The maximum Gasteiger partial charge on any atom is 0.333 e. The second-order valence-corrected chi connectivity index (χ2v) is 6.36. The standard InChI is InChI=1S/C18H22N4O5/c1-20-16(23)15(17(24)21(2)18(20)25)11-9-12(22(3)19-11)10-6-7-13(26-4)14(8-10)27-5/h6-8,12,23H,9H2,1-5H3. The summed E-state index contributed by atoms with van der Waals surface area (Å²) < 4.78 is 12.6. The highest BCUT2D eigenvalue weighted by Gasteiger charge is 2.31. The lowest BCUT2D eigenvalue weighted by atomic mass is 9.99. The van der Waals surface area contributed by atoms with E-state index in [1.165, 1.54) is 14.1 Å². The fourth-order valence-corrected chi connectivity index (χ4v) is 3.25. The van der Waals surface area contributed by atoms with Gasteiger partial charge in [0.05, 0.1) is 26.0 Å². The molecule has 2 aromatic rings. The zero-order valence-electron chi connectivity index (χ0n) is 15.9. The molecule has 144 valence electrons. The van der Waals surface area contributed by atoms with Crippen LogP contribution in [0.5, 0.6) is 17.4 Å². The Kier molecular flexibility index (Phi) is 4.69. The van der Waals surface area contributed by atoms with Crippen molar-refractivity contribution in [2.75, 3.05) is 21.3 Å². The van der Waals surface area contributed by atoms with E-state index in [0.717, 1.165) is 14.7 Å². The van der Waals surface area contributed by atoms with E-state index in [-0.39, 0.29) is 17.5 Å². The first-order chi connectivity index (χ1) is 12.8. The summed E-state index contributed by atoms with van der Waals surface area (Å²) in [6, 6.07) is 5.42. The monoisotopic (exact) mass is 374 g/mol. The molecule has 1 unspecified atom stereocenters. The van der Waals surface area contributed by atoms with Gasteiger partial charge in [-0.25, -0.2) is 4.79 Å². The molecule has 0 aliphatic carbocycles. The van der Waals surface area contributed by atoms with Gasteiger partial charge in [-0.3, -0.25) is 18.9 Å². The first-order valence-electron chi connectivity index (χ1n) is 8.31. The van der Waals surface area contributed by atoms with Crippen molar-refractivity contribution in [3.63, 3.8) is 0 Å².